The standard InChI is InChI=1S/C9H8BrFN2O2S/c10-7-1-2-8-9(5-7)16(14,15)12-6-13(8)4-3-11/h1-2,5-6H,3-4H2. The zero-order valence-electron chi connectivity index (χ0n) is 8.10. The van der Waals surface area contributed by atoms with Crippen LogP contribution >= 0.6 is 15.9 Å². The van der Waals surface area contributed by atoms with Crippen LogP contribution in [0.2, 0.25) is 0 Å². The summed E-state index contributed by atoms with van der Waals surface area (Å²) >= 11 is 3.19. The average Bonchev–Trinajstić information content (AvgIpc) is 2.23. The lowest BCUT2D eigenvalue weighted by atomic mass is 10.3. The number of hydrogen-bond acceptors (Lipinski definition) is 3. The van der Waals surface area contributed by atoms with Crippen molar-refractivity contribution in [3.63, 3.8) is 0 Å². The minimum atomic E-state index is -3.64. The fourth-order valence-corrected chi connectivity index (χ4v) is 3.03. The van der Waals surface area contributed by atoms with Crippen molar-refractivity contribution in [1.29, 1.82) is 0 Å². The Balaban J connectivity index is 2.59. The lowest BCUT2D eigenvalue weighted by molar-refractivity contribution is 0.503. The molecule has 0 bridgehead atoms. The van der Waals surface area contributed by atoms with Gasteiger partial charge in [0.1, 0.15) is 17.9 Å². The molecule has 1 aliphatic heterocycles. The monoisotopic (exact) mass is 306 g/mol. The van der Waals surface area contributed by atoms with Crippen LogP contribution in [0.3, 0.4) is 0 Å². The van der Waals surface area contributed by atoms with Gasteiger partial charge in [0.25, 0.3) is 10.0 Å². The molecule has 0 aromatic heterocycles. The van der Waals surface area contributed by atoms with E-state index < -0.39 is 16.7 Å². The Morgan fingerprint density at radius 2 is 2.19 bits per heavy atom. The van der Waals surface area contributed by atoms with E-state index in [-0.39, 0.29) is 11.4 Å². The van der Waals surface area contributed by atoms with E-state index in [0.717, 1.165) is 6.34 Å². The van der Waals surface area contributed by atoms with Crippen molar-refractivity contribution in [2.24, 2.45) is 4.40 Å². The zero-order valence-corrected chi connectivity index (χ0v) is 10.5. The summed E-state index contributed by atoms with van der Waals surface area (Å²) < 4.78 is 39.6. The third-order valence-electron chi connectivity index (χ3n) is 2.16. The molecule has 0 fully saturated rings. The molecule has 4 nitrogen and oxygen atoms in total. The molecule has 2 rings (SSSR count). The summed E-state index contributed by atoms with van der Waals surface area (Å²) in [5.74, 6) is 0. The van der Waals surface area contributed by atoms with E-state index in [0.29, 0.717) is 10.2 Å². The fourth-order valence-electron chi connectivity index (χ4n) is 1.44. The number of sulfonamides is 1. The SMILES string of the molecule is O=S1(=O)N=CN(CCF)c2ccc(Br)cc21. The van der Waals surface area contributed by atoms with Gasteiger partial charge in [0.05, 0.1) is 12.2 Å². The van der Waals surface area contributed by atoms with Crippen molar-refractivity contribution in [3.8, 4) is 0 Å². The molecule has 0 spiro atoms. The van der Waals surface area contributed by atoms with E-state index in [4.69, 9.17) is 0 Å². The van der Waals surface area contributed by atoms with Crippen LogP contribution in [-0.2, 0) is 10.0 Å². The first-order valence-corrected chi connectivity index (χ1v) is 6.70. The van der Waals surface area contributed by atoms with Crippen molar-refractivity contribution in [2.75, 3.05) is 18.1 Å². The molecule has 1 aromatic carbocycles. The van der Waals surface area contributed by atoms with Crippen molar-refractivity contribution in [2.45, 2.75) is 4.90 Å². The number of nitrogens with zero attached hydrogens (tertiary/aromatic N) is 2. The molecule has 7 heteroatoms. The van der Waals surface area contributed by atoms with E-state index in [1.807, 2.05) is 0 Å². The van der Waals surface area contributed by atoms with Crippen LogP contribution in [-0.4, -0.2) is 28.0 Å². The Morgan fingerprint density at radius 3 is 2.88 bits per heavy atom. The first-order valence-electron chi connectivity index (χ1n) is 4.47. The van der Waals surface area contributed by atoms with E-state index in [2.05, 4.69) is 20.3 Å². The Morgan fingerprint density at radius 1 is 1.44 bits per heavy atom. The third kappa shape index (κ3) is 1.97. The average molecular weight is 307 g/mol. The van der Waals surface area contributed by atoms with Gasteiger partial charge in [-0.15, -0.1) is 4.40 Å². The van der Waals surface area contributed by atoms with Gasteiger partial charge in [-0.2, -0.15) is 8.42 Å². The molecule has 0 aliphatic carbocycles. The van der Waals surface area contributed by atoms with Gasteiger partial charge in [-0.1, -0.05) is 15.9 Å². The van der Waals surface area contributed by atoms with Gasteiger partial charge in [-0.3, -0.25) is 0 Å². The van der Waals surface area contributed by atoms with E-state index in [1.165, 1.54) is 11.0 Å². The van der Waals surface area contributed by atoms with Crippen molar-refractivity contribution >= 4 is 38.0 Å². The molecule has 0 unspecified atom stereocenters. The number of fused-ring (bicyclic) bond motifs is 1. The normalized spacial score (nSPS) is 17.2. The molecular weight excluding hydrogens is 299 g/mol. The van der Waals surface area contributed by atoms with Gasteiger partial charge in [-0.25, -0.2) is 4.39 Å². The van der Waals surface area contributed by atoms with E-state index in [9.17, 15) is 12.8 Å². The summed E-state index contributed by atoms with van der Waals surface area (Å²) in [6.45, 7) is -0.477. The van der Waals surface area contributed by atoms with Crippen LogP contribution in [0, 0.1) is 0 Å². The van der Waals surface area contributed by atoms with Gasteiger partial charge < -0.3 is 4.90 Å². The first-order chi connectivity index (χ1) is 7.54. The van der Waals surface area contributed by atoms with Crippen LogP contribution < -0.4 is 4.90 Å². The molecule has 16 heavy (non-hydrogen) atoms. The van der Waals surface area contributed by atoms with Gasteiger partial charge >= 0.3 is 0 Å². The molecule has 0 radical (unpaired) electrons. The molecule has 1 heterocycles. The highest BCUT2D eigenvalue weighted by molar-refractivity contribution is 9.10. The maximum absolute atomic E-state index is 12.3. The zero-order chi connectivity index (χ0) is 11.8. The largest absolute Gasteiger partial charge is 0.328 e. The summed E-state index contributed by atoms with van der Waals surface area (Å²) in [6.07, 6.45) is 1.14. The summed E-state index contributed by atoms with van der Waals surface area (Å²) in [4.78, 5) is 1.57. The second kappa shape index (κ2) is 4.14. The number of alkyl halides is 1. The smallest absolute Gasteiger partial charge is 0.285 e. The number of rotatable bonds is 2. The second-order valence-corrected chi connectivity index (χ2v) is 5.71. The Bertz CT molecular complexity index is 544. The second-order valence-electron chi connectivity index (χ2n) is 3.19. The van der Waals surface area contributed by atoms with Gasteiger partial charge in [-0.05, 0) is 18.2 Å². The minimum absolute atomic E-state index is 0.0909. The molecule has 0 saturated carbocycles. The van der Waals surface area contributed by atoms with Crippen LogP contribution in [0.1, 0.15) is 0 Å². The highest BCUT2D eigenvalue weighted by Crippen LogP contribution is 2.31. The predicted octanol–water partition coefficient (Wildman–Crippen LogP) is 1.96. The Kier molecular flexibility index (Phi) is 2.98. The molecular formula is C9H8BrFN2O2S. The maximum atomic E-state index is 12.3. The first kappa shape index (κ1) is 11.5. The number of halogens is 2. The van der Waals surface area contributed by atoms with Crippen molar-refractivity contribution in [1.82, 2.24) is 0 Å². The molecule has 0 N–H and O–H groups in total. The van der Waals surface area contributed by atoms with Crippen molar-refractivity contribution in [3.05, 3.63) is 22.7 Å². The predicted molar refractivity (Wildman–Crippen MR) is 63.1 cm³/mol. The summed E-state index contributed by atoms with van der Waals surface area (Å²) in [5, 5.41) is 0. The molecule has 0 amide bonds. The summed E-state index contributed by atoms with van der Waals surface area (Å²) in [6, 6.07) is 4.79. The maximum Gasteiger partial charge on any atom is 0.285 e. The number of anilines is 1. The molecule has 1 aliphatic rings. The van der Waals surface area contributed by atoms with E-state index in [1.54, 1.807) is 12.1 Å². The summed E-state index contributed by atoms with van der Waals surface area (Å²) in [5.41, 5.74) is 0.454. The molecule has 0 saturated heterocycles. The highest BCUT2D eigenvalue weighted by atomic mass is 79.9. The van der Waals surface area contributed by atoms with Crippen LogP contribution in [0.25, 0.3) is 0 Å². The topological polar surface area (TPSA) is 49.7 Å². The van der Waals surface area contributed by atoms with Gasteiger partial charge in [0.2, 0.25) is 0 Å². The number of benzene rings is 1. The Labute approximate surface area is 101 Å². The quantitative estimate of drug-likeness (QED) is 0.839. The van der Waals surface area contributed by atoms with Gasteiger partial charge in [0.15, 0.2) is 0 Å². The van der Waals surface area contributed by atoms with Crippen LogP contribution in [0.5, 0.6) is 0 Å². The molecule has 0 atom stereocenters. The lowest BCUT2D eigenvalue weighted by Crippen LogP contribution is -2.29. The van der Waals surface area contributed by atoms with Crippen LogP contribution in [0.4, 0.5) is 10.1 Å². The fraction of sp³-hybridized carbons (Fsp3) is 0.222. The van der Waals surface area contributed by atoms with Crippen LogP contribution in [0.15, 0.2) is 32.0 Å². The van der Waals surface area contributed by atoms with Gasteiger partial charge in [0, 0.05) is 4.47 Å². The summed E-state index contributed by atoms with van der Waals surface area (Å²) in [7, 11) is -3.64. The van der Waals surface area contributed by atoms with Crippen molar-refractivity contribution < 1.29 is 12.8 Å². The Hall–Kier alpha value is -0.950. The molecule has 86 valence electrons. The third-order valence-corrected chi connectivity index (χ3v) is 3.91. The number of hydrogen-bond donors (Lipinski definition) is 0. The highest BCUT2D eigenvalue weighted by Gasteiger charge is 2.25. The molecule has 1 aromatic rings. The van der Waals surface area contributed by atoms with E-state index >= 15 is 0 Å². The minimum Gasteiger partial charge on any atom is -0.328 e. The lowest BCUT2D eigenvalue weighted by Gasteiger charge is -2.23.